The lowest BCUT2D eigenvalue weighted by Gasteiger charge is -1.99. The summed E-state index contributed by atoms with van der Waals surface area (Å²) >= 11 is 2.76. The van der Waals surface area contributed by atoms with Gasteiger partial charge in [-0.3, -0.25) is 4.79 Å². The lowest BCUT2D eigenvalue weighted by molar-refractivity contribution is -0.113. The summed E-state index contributed by atoms with van der Waals surface area (Å²) in [6.45, 7) is 0. The van der Waals surface area contributed by atoms with Gasteiger partial charge in [-0.15, -0.1) is 11.3 Å². The van der Waals surface area contributed by atoms with E-state index >= 15 is 0 Å². The van der Waals surface area contributed by atoms with Crippen molar-refractivity contribution in [3.8, 4) is 0 Å². The first-order valence-electron chi connectivity index (χ1n) is 8.03. The van der Waals surface area contributed by atoms with Crippen molar-refractivity contribution in [1.29, 1.82) is 0 Å². The van der Waals surface area contributed by atoms with Gasteiger partial charge in [0.1, 0.15) is 5.52 Å². The third kappa shape index (κ3) is 4.12. The van der Waals surface area contributed by atoms with Crippen molar-refractivity contribution in [3.63, 3.8) is 0 Å². The molecule has 2 aromatic carbocycles. The topological polar surface area (TPSA) is 68.0 Å². The molecule has 7 heteroatoms. The molecule has 26 heavy (non-hydrogen) atoms. The van der Waals surface area contributed by atoms with Gasteiger partial charge in [-0.25, -0.2) is 9.97 Å². The smallest absolute Gasteiger partial charge is 0.257 e. The Balaban J connectivity index is 1.32. The van der Waals surface area contributed by atoms with Crippen LogP contribution in [0.1, 0.15) is 10.4 Å². The molecule has 4 aromatic rings. The number of carbonyl (C=O) groups excluding carboxylic acids is 1. The number of aromatic nitrogens is 2. The van der Waals surface area contributed by atoms with E-state index in [9.17, 15) is 4.79 Å². The van der Waals surface area contributed by atoms with E-state index in [1.54, 1.807) is 6.20 Å². The molecule has 130 valence electrons. The van der Waals surface area contributed by atoms with Crippen LogP contribution in [0.25, 0.3) is 11.1 Å². The number of thiazole rings is 1. The number of para-hydroxylation sites is 2. The van der Waals surface area contributed by atoms with Crippen LogP contribution in [0.2, 0.25) is 0 Å². The SMILES string of the molecule is O=C(CSc1nc2ccccc2o1)Nc1ncc(Cc2ccccc2)s1. The average molecular weight is 381 g/mol. The third-order valence-electron chi connectivity index (χ3n) is 3.62. The Labute approximate surface area is 158 Å². The van der Waals surface area contributed by atoms with Gasteiger partial charge >= 0.3 is 0 Å². The number of hydrogen-bond acceptors (Lipinski definition) is 6. The molecule has 0 spiro atoms. The Kier molecular flexibility index (Phi) is 4.99. The molecule has 0 fully saturated rings. The molecule has 0 aliphatic carbocycles. The summed E-state index contributed by atoms with van der Waals surface area (Å²) in [5, 5.41) is 3.93. The summed E-state index contributed by atoms with van der Waals surface area (Å²) < 4.78 is 5.60. The first kappa shape index (κ1) is 16.8. The largest absolute Gasteiger partial charge is 0.431 e. The van der Waals surface area contributed by atoms with Crippen molar-refractivity contribution in [2.45, 2.75) is 11.6 Å². The van der Waals surface area contributed by atoms with Gasteiger partial charge in [0.2, 0.25) is 5.91 Å². The minimum Gasteiger partial charge on any atom is -0.431 e. The number of benzene rings is 2. The molecule has 2 aromatic heterocycles. The molecular weight excluding hydrogens is 366 g/mol. The monoisotopic (exact) mass is 381 g/mol. The number of anilines is 1. The number of nitrogens with one attached hydrogen (secondary N) is 1. The zero-order chi connectivity index (χ0) is 17.8. The Morgan fingerprint density at radius 1 is 1.12 bits per heavy atom. The van der Waals surface area contributed by atoms with E-state index in [0.29, 0.717) is 10.4 Å². The molecule has 0 saturated carbocycles. The fourth-order valence-electron chi connectivity index (χ4n) is 2.44. The standard InChI is InChI=1S/C19H15N3O2S2/c23-17(12-25-19-21-15-8-4-5-9-16(15)24-19)22-18-20-11-14(26-18)10-13-6-2-1-3-7-13/h1-9,11H,10,12H2,(H,20,22,23). The fraction of sp³-hybridized carbons (Fsp3) is 0.105. The molecular formula is C19H15N3O2S2. The van der Waals surface area contributed by atoms with Gasteiger partial charge in [-0.05, 0) is 17.7 Å². The predicted octanol–water partition coefficient (Wildman–Crippen LogP) is 4.61. The first-order chi connectivity index (χ1) is 12.8. The molecule has 2 heterocycles. The molecule has 0 bridgehead atoms. The maximum atomic E-state index is 12.1. The maximum absolute atomic E-state index is 12.1. The molecule has 0 unspecified atom stereocenters. The fourth-order valence-corrected chi connectivity index (χ4v) is 3.94. The zero-order valence-electron chi connectivity index (χ0n) is 13.7. The van der Waals surface area contributed by atoms with E-state index in [4.69, 9.17) is 4.42 Å². The normalized spacial score (nSPS) is 10.9. The quantitative estimate of drug-likeness (QED) is 0.494. The summed E-state index contributed by atoms with van der Waals surface area (Å²) in [4.78, 5) is 21.9. The Hall–Kier alpha value is -2.64. The summed E-state index contributed by atoms with van der Waals surface area (Å²) in [5.41, 5.74) is 2.74. The Morgan fingerprint density at radius 2 is 1.92 bits per heavy atom. The van der Waals surface area contributed by atoms with Crippen molar-refractivity contribution in [2.24, 2.45) is 0 Å². The van der Waals surface area contributed by atoms with Crippen LogP contribution < -0.4 is 5.32 Å². The van der Waals surface area contributed by atoms with E-state index < -0.39 is 0 Å². The van der Waals surface area contributed by atoms with Gasteiger partial charge in [-0.2, -0.15) is 0 Å². The minimum atomic E-state index is -0.127. The van der Waals surface area contributed by atoms with Crippen molar-refractivity contribution in [1.82, 2.24) is 9.97 Å². The highest BCUT2D eigenvalue weighted by Crippen LogP contribution is 2.24. The van der Waals surface area contributed by atoms with Crippen LogP contribution in [-0.2, 0) is 11.2 Å². The molecule has 0 aliphatic heterocycles. The van der Waals surface area contributed by atoms with Gasteiger partial charge in [0.05, 0.1) is 5.75 Å². The number of rotatable bonds is 6. The van der Waals surface area contributed by atoms with E-state index in [1.807, 2.05) is 42.5 Å². The number of nitrogens with zero attached hydrogens (tertiary/aromatic N) is 2. The van der Waals surface area contributed by atoms with E-state index in [1.165, 1.54) is 28.7 Å². The average Bonchev–Trinajstić information content (AvgIpc) is 3.27. The van der Waals surface area contributed by atoms with Gasteiger partial charge in [-0.1, -0.05) is 54.2 Å². The van der Waals surface area contributed by atoms with Gasteiger partial charge in [0, 0.05) is 17.5 Å². The van der Waals surface area contributed by atoms with Crippen molar-refractivity contribution < 1.29 is 9.21 Å². The molecule has 1 N–H and O–H groups in total. The number of oxazole rings is 1. The molecule has 4 rings (SSSR count). The summed E-state index contributed by atoms with van der Waals surface area (Å²) in [7, 11) is 0. The number of carbonyl (C=O) groups is 1. The second-order valence-corrected chi connectivity index (χ2v) is 7.62. The van der Waals surface area contributed by atoms with Gasteiger partial charge < -0.3 is 9.73 Å². The van der Waals surface area contributed by atoms with Crippen LogP contribution in [0.4, 0.5) is 5.13 Å². The highest BCUT2D eigenvalue weighted by atomic mass is 32.2. The summed E-state index contributed by atoms with van der Waals surface area (Å²) in [6.07, 6.45) is 2.62. The van der Waals surface area contributed by atoms with E-state index in [-0.39, 0.29) is 11.7 Å². The summed E-state index contributed by atoms with van der Waals surface area (Å²) in [6, 6.07) is 17.7. The predicted molar refractivity (Wildman–Crippen MR) is 105 cm³/mol. The third-order valence-corrected chi connectivity index (χ3v) is 5.36. The van der Waals surface area contributed by atoms with Crippen LogP contribution >= 0.6 is 23.1 Å². The molecule has 0 saturated heterocycles. The molecule has 1 amide bonds. The van der Waals surface area contributed by atoms with Crippen molar-refractivity contribution >= 4 is 45.2 Å². The second kappa shape index (κ2) is 7.72. The second-order valence-electron chi connectivity index (χ2n) is 5.58. The van der Waals surface area contributed by atoms with Crippen LogP contribution in [0.3, 0.4) is 0 Å². The van der Waals surface area contributed by atoms with Crippen LogP contribution in [0, 0.1) is 0 Å². The molecule has 5 nitrogen and oxygen atoms in total. The van der Waals surface area contributed by atoms with E-state index in [2.05, 4.69) is 27.4 Å². The highest BCUT2D eigenvalue weighted by molar-refractivity contribution is 7.99. The Morgan fingerprint density at radius 3 is 2.77 bits per heavy atom. The molecule has 0 radical (unpaired) electrons. The molecule has 0 atom stereocenters. The lowest BCUT2D eigenvalue weighted by Crippen LogP contribution is -2.13. The van der Waals surface area contributed by atoms with Crippen molar-refractivity contribution in [2.75, 3.05) is 11.1 Å². The van der Waals surface area contributed by atoms with Gasteiger partial charge in [0.25, 0.3) is 5.22 Å². The van der Waals surface area contributed by atoms with Crippen LogP contribution in [0.15, 0.2) is 70.4 Å². The minimum absolute atomic E-state index is 0.127. The van der Waals surface area contributed by atoms with Crippen molar-refractivity contribution in [3.05, 3.63) is 71.2 Å². The lowest BCUT2D eigenvalue weighted by atomic mass is 10.1. The number of thioether (sulfide) groups is 1. The number of amides is 1. The van der Waals surface area contributed by atoms with Crippen LogP contribution in [0.5, 0.6) is 0 Å². The number of fused-ring (bicyclic) bond motifs is 1. The first-order valence-corrected chi connectivity index (χ1v) is 9.83. The van der Waals surface area contributed by atoms with Gasteiger partial charge in [0.15, 0.2) is 10.7 Å². The van der Waals surface area contributed by atoms with Crippen LogP contribution in [-0.4, -0.2) is 21.6 Å². The highest BCUT2D eigenvalue weighted by Gasteiger charge is 2.11. The zero-order valence-corrected chi connectivity index (χ0v) is 15.3. The Bertz CT molecular complexity index is 994. The maximum Gasteiger partial charge on any atom is 0.257 e. The number of hydrogen-bond donors (Lipinski definition) is 1. The summed E-state index contributed by atoms with van der Waals surface area (Å²) in [5.74, 6) is 0.0957. The van der Waals surface area contributed by atoms with E-state index in [0.717, 1.165) is 22.4 Å². The molecule has 0 aliphatic rings.